The fraction of sp³-hybridized carbons (Fsp3) is 0.476. The van der Waals surface area contributed by atoms with Crippen molar-refractivity contribution in [3.05, 3.63) is 42.2 Å². The Balaban J connectivity index is 1.45. The number of hydrogen-bond acceptors (Lipinski definition) is 4. The Morgan fingerprint density at radius 3 is 2.54 bits per heavy atom. The van der Waals surface area contributed by atoms with Gasteiger partial charge in [-0.15, -0.1) is 0 Å². The zero-order chi connectivity index (χ0) is 18.1. The van der Waals surface area contributed by atoms with Crippen LogP contribution in [0.3, 0.4) is 0 Å². The van der Waals surface area contributed by atoms with Crippen LogP contribution in [-0.4, -0.2) is 42.5 Å². The predicted octanol–water partition coefficient (Wildman–Crippen LogP) is 3.59. The Kier molecular flexibility index (Phi) is 4.72. The third kappa shape index (κ3) is 3.23. The first-order valence-electron chi connectivity index (χ1n) is 9.64. The molecular formula is C21H27N3O2. The number of nitrogens with one attached hydrogen (secondary N) is 2. The summed E-state index contributed by atoms with van der Waals surface area (Å²) in [5.41, 5.74) is 2.05. The average molecular weight is 353 g/mol. The molecule has 1 aromatic carbocycles. The van der Waals surface area contributed by atoms with Crippen LogP contribution >= 0.6 is 0 Å². The normalized spacial score (nSPS) is 27.3. The molecule has 5 rings (SSSR count). The second kappa shape index (κ2) is 7.16. The fourth-order valence-electron chi connectivity index (χ4n) is 4.34. The van der Waals surface area contributed by atoms with E-state index in [2.05, 4.69) is 29.4 Å². The van der Waals surface area contributed by atoms with Crippen molar-refractivity contribution in [2.75, 3.05) is 25.0 Å². The van der Waals surface area contributed by atoms with Gasteiger partial charge in [0.25, 0.3) is 5.91 Å². The van der Waals surface area contributed by atoms with Gasteiger partial charge in [-0.1, -0.05) is 0 Å². The highest BCUT2D eigenvalue weighted by Gasteiger charge is 2.40. The Labute approximate surface area is 154 Å². The number of anilines is 1. The van der Waals surface area contributed by atoms with Gasteiger partial charge in [-0.2, -0.15) is 0 Å². The van der Waals surface area contributed by atoms with Crippen LogP contribution in [0, 0.1) is 5.92 Å². The van der Waals surface area contributed by atoms with E-state index in [4.69, 9.17) is 4.42 Å². The minimum atomic E-state index is -0.105. The van der Waals surface area contributed by atoms with Crippen LogP contribution in [0.1, 0.15) is 37.2 Å². The third-order valence-electron chi connectivity index (χ3n) is 5.86. The predicted molar refractivity (Wildman–Crippen MR) is 103 cm³/mol. The Bertz CT molecular complexity index is 758. The molecule has 3 saturated heterocycles. The molecule has 2 aromatic rings. The van der Waals surface area contributed by atoms with E-state index in [-0.39, 0.29) is 11.9 Å². The molecule has 3 aliphatic rings. The second-order valence-corrected chi connectivity index (χ2v) is 7.38. The van der Waals surface area contributed by atoms with E-state index in [0.717, 1.165) is 36.6 Å². The molecule has 5 nitrogen and oxygen atoms in total. The van der Waals surface area contributed by atoms with Crippen LogP contribution in [0.5, 0.6) is 0 Å². The van der Waals surface area contributed by atoms with Crippen molar-refractivity contribution in [3.8, 4) is 11.3 Å². The van der Waals surface area contributed by atoms with Crippen molar-refractivity contribution in [2.24, 2.45) is 5.92 Å². The zero-order valence-corrected chi connectivity index (χ0v) is 15.5. The molecular weight excluding hydrogens is 326 g/mol. The molecule has 2 N–H and O–H groups in total. The van der Waals surface area contributed by atoms with Gasteiger partial charge in [0.2, 0.25) is 0 Å². The molecule has 0 saturated carbocycles. The molecule has 1 aromatic heterocycles. The molecule has 0 spiro atoms. The Morgan fingerprint density at radius 1 is 1.15 bits per heavy atom. The number of carbonyl (C=O) groups excluding carboxylic acids is 1. The molecule has 26 heavy (non-hydrogen) atoms. The molecule has 2 atom stereocenters. The van der Waals surface area contributed by atoms with Gasteiger partial charge in [0.15, 0.2) is 5.76 Å². The quantitative estimate of drug-likeness (QED) is 0.862. The maximum absolute atomic E-state index is 12.7. The number of amides is 1. The lowest BCUT2D eigenvalue weighted by atomic mass is 9.79. The largest absolute Gasteiger partial charge is 0.451 e. The fourth-order valence-corrected chi connectivity index (χ4v) is 4.34. The summed E-state index contributed by atoms with van der Waals surface area (Å²) in [4.78, 5) is 15.2. The summed E-state index contributed by atoms with van der Waals surface area (Å²) in [6, 6.07) is 12.3. The van der Waals surface area contributed by atoms with Gasteiger partial charge in [-0.25, -0.2) is 0 Å². The van der Waals surface area contributed by atoms with Crippen molar-refractivity contribution in [3.63, 3.8) is 0 Å². The standard InChI is InChI=1S/C21H27N3O2/c1-3-22-17-6-4-15(5-7-17)18-8-9-19(26-18)21(25)23-20-14(2)24-12-10-16(20)11-13-24/h4-9,14,16,20,22H,3,10-13H2,1-2H3,(H,23,25). The van der Waals surface area contributed by atoms with Gasteiger partial charge in [0, 0.05) is 29.9 Å². The molecule has 138 valence electrons. The molecule has 0 radical (unpaired) electrons. The lowest BCUT2D eigenvalue weighted by molar-refractivity contribution is 0.0211. The molecule has 3 aliphatic heterocycles. The van der Waals surface area contributed by atoms with Crippen molar-refractivity contribution in [1.82, 2.24) is 10.2 Å². The van der Waals surface area contributed by atoms with Gasteiger partial charge in [0.1, 0.15) is 5.76 Å². The number of fused-ring (bicyclic) bond motifs is 3. The van der Waals surface area contributed by atoms with Gasteiger partial charge in [-0.05, 0) is 82.1 Å². The lowest BCUT2D eigenvalue weighted by Gasteiger charge is -2.49. The Morgan fingerprint density at radius 2 is 1.88 bits per heavy atom. The van der Waals surface area contributed by atoms with Gasteiger partial charge < -0.3 is 15.1 Å². The zero-order valence-electron chi connectivity index (χ0n) is 15.5. The molecule has 5 heteroatoms. The molecule has 2 bridgehead atoms. The monoisotopic (exact) mass is 353 g/mol. The number of benzene rings is 1. The molecule has 1 amide bonds. The van der Waals surface area contributed by atoms with Crippen molar-refractivity contribution >= 4 is 11.6 Å². The van der Waals surface area contributed by atoms with Crippen molar-refractivity contribution in [2.45, 2.75) is 38.8 Å². The Hall–Kier alpha value is -2.27. The number of carbonyl (C=O) groups is 1. The average Bonchev–Trinajstić information content (AvgIpc) is 3.16. The van der Waals surface area contributed by atoms with E-state index in [1.807, 2.05) is 30.3 Å². The minimum Gasteiger partial charge on any atom is -0.451 e. The number of piperidine rings is 3. The number of nitrogens with zero attached hydrogens (tertiary/aromatic N) is 1. The summed E-state index contributed by atoms with van der Waals surface area (Å²) < 4.78 is 5.84. The first-order chi connectivity index (χ1) is 12.7. The van der Waals surface area contributed by atoms with Crippen LogP contribution < -0.4 is 10.6 Å². The molecule has 2 unspecified atom stereocenters. The van der Waals surface area contributed by atoms with E-state index < -0.39 is 0 Å². The summed E-state index contributed by atoms with van der Waals surface area (Å²) in [5, 5.41) is 6.50. The van der Waals surface area contributed by atoms with Crippen LogP contribution in [0.25, 0.3) is 11.3 Å². The third-order valence-corrected chi connectivity index (χ3v) is 5.86. The first-order valence-corrected chi connectivity index (χ1v) is 9.64. The van der Waals surface area contributed by atoms with Gasteiger partial charge in [-0.3, -0.25) is 9.69 Å². The summed E-state index contributed by atoms with van der Waals surface area (Å²) in [6.07, 6.45) is 2.35. The summed E-state index contributed by atoms with van der Waals surface area (Å²) in [5.74, 6) is 1.60. The minimum absolute atomic E-state index is 0.105. The highest BCUT2D eigenvalue weighted by Crippen LogP contribution is 2.32. The van der Waals surface area contributed by atoms with Crippen LogP contribution in [0.4, 0.5) is 5.69 Å². The second-order valence-electron chi connectivity index (χ2n) is 7.38. The van der Waals surface area contributed by atoms with Gasteiger partial charge >= 0.3 is 0 Å². The number of rotatable bonds is 5. The summed E-state index contributed by atoms with van der Waals surface area (Å²) in [7, 11) is 0. The van der Waals surface area contributed by atoms with Crippen LogP contribution in [0.15, 0.2) is 40.8 Å². The van der Waals surface area contributed by atoms with E-state index in [1.165, 1.54) is 12.8 Å². The number of hydrogen-bond donors (Lipinski definition) is 2. The smallest absolute Gasteiger partial charge is 0.287 e. The lowest BCUT2D eigenvalue weighted by Crippen LogP contribution is -2.62. The van der Waals surface area contributed by atoms with Crippen molar-refractivity contribution in [1.29, 1.82) is 0 Å². The van der Waals surface area contributed by atoms with Crippen LogP contribution in [-0.2, 0) is 0 Å². The first kappa shape index (κ1) is 17.2. The van der Waals surface area contributed by atoms with E-state index in [9.17, 15) is 4.79 Å². The highest BCUT2D eigenvalue weighted by molar-refractivity contribution is 5.92. The molecule has 4 heterocycles. The maximum atomic E-state index is 12.7. The SMILES string of the molecule is CCNc1ccc(-c2ccc(C(=O)NC3C4CCN(CC4)C3C)o2)cc1. The topological polar surface area (TPSA) is 57.5 Å². The summed E-state index contributed by atoms with van der Waals surface area (Å²) >= 11 is 0. The molecule has 0 aliphatic carbocycles. The molecule has 3 fully saturated rings. The van der Waals surface area contributed by atoms with E-state index in [1.54, 1.807) is 6.07 Å². The van der Waals surface area contributed by atoms with Gasteiger partial charge in [0.05, 0.1) is 0 Å². The van der Waals surface area contributed by atoms with E-state index >= 15 is 0 Å². The van der Waals surface area contributed by atoms with Crippen LogP contribution in [0.2, 0.25) is 0 Å². The van der Waals surface area contributed by atoms with Crippen molar-refractivity contribution < 1.29 is 9.21 Å². The highest BCUT2D eigenvalue weighted by atomic mass is 16.3. The maximum Gasteiger partial charge on any atom is 0.287 e. The number of furan rings is 1. The van der Waals surface area contributed by atoms with E-state index in [0.29, 0.717) is 17.7 Å². The summed E-state index contributed by atoms with van der Waals surface area (Å²) in [6.45, 7) is 7.50.